The highest BCUT2D eigenvalue weighted by atomic mass is 16.4. The Bertz CT molecular complexity index is 399. The van der Waals surface area contributed by atoms with Gasteiger partial charge in [-0.1, -0.05) is 13.8 Å². The Hall–Kier alpha value is -1.79. The van der Waals surface area contributed by atoms with Gasteiger partial charge in [-0.3, -0.25) is 4.79 Å². The van der Waals surface area contributed by atoms with E-state index in [1.54, 1.807) is 4.90 Å². The minimum atomic E-state index is -1.13. The molecule has 1 fully saturated rings. The van der Waals surface area contributed by atoms with Crippen LogP contribution in [0.4, 0.5) is 4.79 Å². The Morgan fingerprint density at radius 1 is 1.24 bits per heavy atom. The molecule has 21 heavy (non-hydrogen) atoms. The molecule has 2 unspecified atom stereocenters. The molecule has 0 radical (unpaired) electrons. The van der Waals surface area contributed by atoms with Gasteiger partial charge in [-0.05, 0) is 31.1 Å². The first kappa shape index (κ1) is 17.3. The number of amides is 2. The van der Waals surface area contributed by atoms with Crippen LogP contribution in [-0.2, 0) is 9.59 Å². The van der Waals surface area contributed by atoms with Crippen molar-refractivity contribution in [3.8, 4) is 0 Å². The number of carboxylic acid groups (broad SMARTS) is 2. The lowest BCUT2D eigenvalue weighted by molar-refractivity contribution is -0.140. The van der Waals surface area contributed by atoms with Crippen molar-refractivity contribution in [2.75, 3.05) is 13.1 Å². The number of nitrogens with zero attached hydrogens (tertiary/aromatic N) is 1. The summed E-state index contributed by atoms with van der Waals surface area (Å²) in [5, 5.41) is 20.2. The second-order valence-corrected chi connectivity index (χ2v) is 5.82. The highest BCUT2D eigenvalue weighted by Crippen LogP contribution is 2.22. The molecule has 120 valence electrons. The largest absolute Gasteiger partial charge is 0.481 e. The maximum absolute atomic E-state index is 12.1. The minimum Gasteiger partial charge on any atom is -0.481 e. The molecule has 0 aromatic carbocycles. The number of urea groups is 1. The normalized spacial score (nSPS) is 23.4. The van der Waals surface area contributed by atoms with Crippen molar-refractivity contribution >= 4 is 18.0 Å². The van der Waals surface area contributed by atoms with Crippen molar-refractivity contribution in [1.29, 1.82) is 0 Å². The molecule has 1 heterocycles. The number of carbonyl (C=O) groups excluding carboxylic acids is 1. The van der Waals surface area contributed by atoms with Crippen molar-refractivity contribution in [3.05, 3.63) is 0 Å². The van der Waals surface area contributed by atoms with E-state index in [1.807, 2.05) is 0 Å². The van der Waals surface area contributed by atoms with Gasteiger partial charge in [-0.2, -0.15) is 0 Å². The smallest absolute Gasteiger partial charge is 0.326 e. The fraction of sp³-hybridized carbons (Fsp3) is 0.786. The Labute approximate surface area is 124 Å². The number of rotatable bonds is 6. The van der Waals surface area contributed by atoms with E-state index in [1.165, 1.54) is 0 Å². The van der Waals surface area contributed by atoms with Crippen molar-refractivity contribution in [3.63, 3.8) is 0 Å². The third kappa shape index (κ3) is 5.61. The summed E-state index contributed by atoms with van der Waals surface area (Å²) in [4.78, 5) is 35.3. The summed E-state index contributed by atoms with van der Waals surface area (Å²) < 4.78 is 0. The average molecular weight is 300 g/mol. The van der Waals surface area contributed by atoms with Crippen molar-refractivity contribution in [2.24, 2.45) is 11.8 Å². The van der Waals surface area contributed by atoms with Crippen molar-refractivity contribution < 1.29 is 24.6 Å². The van der Waals surface area contributed by atoms with Gasteiger partial charge < -0.3 is 20.4 Å². The van der Waals surface area contributed by atoms with Gasteiger partial charge in [0, 0.05) is 19.5 Å². The standard InChI is InChI=1S/C14H24N2O5/c1-9-6-7-16(8-10(9)2)14(21)15-11(13(19)20)4-3-5-12(17)18/h9-11H,3-8H2,1-2H3,(H,15,21)(H,17,18)(H,19,20)/t9?,10?,11-/m1/s1. The Balaban J connectivity index is 2.48. The van der Waals surface area contributed by atoms with Crippen molar-refractivity contribution in [2.45, 2.75) is 45.6 Å². The van der Waals surface area contributed by atoms with Crippen LogP contribution in [0.3, 0.4) is 0 Å². The van der Waals surface area contributed by atoms with Crippen LogP contribution in [0.25, 0.3) is 0 Å². The lowest BCUT2D eigenvalue weighted by Crippen LogP contribution is -2.51. The molecule has 3 N–H and O–H groups in total. The summed E-state index contributed by atoms with van der Waals surface area (Å²) in [6.45, 7) is 5.46. The first-order chi connectivity index (χ1) is 9.81. The van der Waals surface area contributed by atoms with Crippen LogP contribution < -0.4 is 5.32 Å². The molecule has 3 atom stereocenters. The average Bonchev–Trinajstić information content (AvgIpc) is 2.40. The number of nitrogens with one attached hydrogen (secondary N) is 1. The molecule has 0 bridgehead atoms. The summed E-state index contributed by atoms with van der Waals surface area (Å²) in [6.07, 6.45) is 1.15. The maximum Gasteiger partial charge on any atom is 0.326 e. The molecule has 2 amide bonds. The Morgan fingerprint density at radius 2 is 1.90 bits per heavy atom. The second-order valence-electron chi connectivity index (χ2n) is 5.82. The molecule has 7 heteroatoms. The van der Waals surface area contributed by atoms with Crippen LogP contribution in [0, 0.1) is 11.8 Å². The first-order valence-corrected chi connectivity index (χ1v) is 7.31. The Kier molecular flexibility index (Phi) is 6.45. The predicted molar refractivity (Wildman–Crippen MR) is 76.0 cm³/mol. The summed E-state index contributed by atoms with van der Waals surface area (Å²) >= 11 is 0. The van der Waals surface area contributed by atoms with Gasteiger partial charge in [-0.15, -0.1) is 0 Å². The van der Waals surface area contributed by atoms with Crippen LogP contribution in [0.2, 0.25) is 0 Å². The molecule has 1 aliphatic heterocycles. The van der Waals surface area contributed by atoms with E-state index in [0.29, 0.717) is 24.9 Å². The number of aliphatic carboxylic acids is 2. The van der Waals surface area contributed by atoms with Crippen molar-refractivity contribution in [1.82, 2.24) is 10.2 Å². The maximum atomic E-state index is 12.1. The van der Waals surface area contributed by atoms with Gasteiger partial charge in [0.1, 0.15) is 6.04 Å². The van der Waals surface area contributed by atoms with E-state index in [2.05, 4.69) is 19.2 Å². The molecule has 1 saturated heterocycles. The van der Waals surface area contributed by atoms with Crippen LogP contribution in [-0.4, -0.2) is 52.2 Å². The third-order valence-electron chi connectivity index (χ3n) is 4.10. The second kappa shape index (κ2) is 7.85. The summed E-state index contributed by atoms with van der Waals surface area (Å²) in [7, 11) is 0. The number of hydrogen-bond acceptors (Lipinski definition) is 3. The highest BCUT2D eigenvalue weighted by molar-refractivity contribution is 5.82. The molecule has 0 saturated carbocycles. The zero-order valence-corrected chi connectivity index (χ0v) is 12.5. The third-order valence-corrected chi connectivity index (χ3v) is 4.10. The molecular weight excluding hydrogens is 276 g/mol. The quantitative estimate of drug-likeness (QED) is 0.687. The van der Waals surface area contributed by atoms with E-state index in [4.69, 9.17) is 10.2 Å². The molecule has 7 nitrogen and oxygen atoms in total. The monoisotopic (exact) mass is 300 g/mol. The summed E-state index contributed by atoms with van der Waals surface area (Å²) in [5.74, 6) is -1.16. The molecule has 0 aliphatic carbocycles. The topological polar surface area (TPSA) is 107 Å². The van der Waals surface area contributed by atoms with Gasteiger partial charge in [0.2, 0.25) is 0 Å². The molecule has 0 aromatic rings. The van der Waals surface area contributed by atoms with Crippen LogP contribution in [0.1, 0.15) is 39.5 Å². The SMILES string of the molecule is CC1CCN(C(=O)N[C@H](CCCC(=O)O)C(=O)O)CC1C. The number of hydrogen-bond donors (Lipinski definition) is 3. The van der Waals surface area contributed by atoms with Gasteiger partial charge in [0.15, 0.2) is 0 Å². The van der Waals surface area contributed by atoms with Gasteiger partial charge in [-0.25, -0.2) is 9.59 Å². The molecule has 1 rings (SSSR count). The zero-order chi connectivity index (χ0) is 16.0. The van der Waals surface area contributed by atoms with E-state index in [0.717, 1.165) is 6.42 Å². The molecule has 0 aromatic heterocycles. The van der Waals surface area contributed by atoms with Crippen LogP contribution in [0.5, 0.6) is 0 Å². The predicted octanol–water partition coefficient (Wildman–Crippen LogP) is 1.38. The number of carbonyl (C=O) groups is 3. The van der Waals surface area contributed by atoms with Gasteiger partial charge in [0.25, 0.3) is 0 Å². The van der Waals surface area contributed by atoms with Crippen LogP contribution >= 0.6 is 0 Å². The van der Waals surface area contributed by atoms with E-state index < -0.39 is 18.0 Å². The number of likely N-dealkylation sites (tertiary alicyclic amines) is 1. The lowest BCUT2D eigenvalue weighted by Gasteiger charge is -2.35. The van der Waals surface area contributed by atoms with Crippen LogP contribution in [0.15, 0.2) is 0 Å². The summed E-state index contributed by atoms with van der Waals surface area (Å²) in [5.41, 5.74) is 0. The zero-order valence-electron chi connectivity index (χ0n) is 12.5. The number of carboxylic acids is 2. The highest BCUT2D eigenvalue weighted by Gasteiger charge is 2.28. The van der Waals surface area contributed by atoms with E-state index in [9.17, 15) is 14.4 Å². The van der Waals surface area contributed by atoms with E-state index in [-0.39, 0.29) is 25.3 Å². The van der Waals surface area contributed by atoms with E-state index >= 15 is 0 Å². The fourth-order valence-corrected chi connectivity index (χ4v) is 2.40. The first-order valence-electron chi connectivity index (χ1n) is 7.31. The Morgan fingerprint density at radius 3 is 2.43 bits per heavy atom. The molecule has 1 aliphatic rings. The summed E-state index contributed by atoms with van der Waals surface area (Å²) in [6, 6.07) is -1.41. The lowest BCUT2D eigenvalue weighted by atomic mass is 9.89. The molecular formula is C14H24N2O5. The van der Waals surface area contributed by atoms with Gasteiger partial charge >= 0.3 is 18.0 Å². The minimum absolute atomic E-state index is 0.0993. The molecule has 0 spiro atoms. The van der Waals surface area contributed by atoms with Gasteiger partial charge in [0.05, 0.1) is 0 Å². The number of piperidine rings is 1. The fourth-order valence-electron chi connectivity index (χ4n) is 2.40.